The van der Waals surface area contributed by atoms with Crippen LogP contribution in [0, 0.1) is 6.92 Å². The maximum Gasteiger partial charge on any atom is 0.0486 e. The summed E-state index contributed by atoms with van der Waals surface area (Å²) in [6.07, 6.45) is 4.20. The van der Waals surface area contributed by atoms with E-state index in [-0.39, 0.29) is 0 Å². The van der Waals surface area contributed by atoms with Gasteiger partial charge in [-0.05, 0) is 48.6 Å². The molecular weight excluding hydrogens is 306 g/mol. The first kappa shape index (κ1) is 16.3. The zero-order chi connectivity index (χ0) is 17.4. The molecule has 0 spiro atoms. The number of aryl methyl sites for hydroxylation is 3. The standard InChI is InChI=1S/C22H27N3/c1-15(2)20-6-5-17(13-24-20)9-11-25-21-7-4-16(3)12-18(21)19-14-23-10-8-22(19)25/h4-7,12-13,15,23H,8-11,14H2,1-3H3. The van der Waals surface area contributed by atoms with Gasteiger partial charge in [0.25, 0.3) is 0 Å². The summed E-state index contributed by atoms with van der Waals surface area (Å²) in [5, 5.41) is 4.96. The van der Waals surface area contributed by atoms with Gasteiger partial charge < -0.3 is 9.88 Å². The van der Waals surface area contributed by atoms with Gasteiger partial charge in [0.05, 0.1) is 0 Å². The summed E-state index contributed by atoms with van der Waals surface area (Å²) in [4.78, 5) is 4.62. The Balaban J connectivity index is 1.65. The van der Waals surface area contributed by atoms with E-state index < -0.39 is 0 Å². The quantitative estimate of drug-likeness (QED) is 0.769. The fraction of sp³-hybridized carbons (Fsp3) is 0.409. The molecule has 0 amide bonds. The Morgan fingerprint density at radius 3 is 2.84 bits per heavy atom. The molecule has 0 fully saturated rings. The third kappa shape index (κ3) is 3.09. The smallest absolute Gasteiger partial charge is 0.0486 e. The molecule has 25 heavy (non-hydrogen) atoms. The van der Waals surface area contributed by atoms with Crippen molar-refractivity contribution in [1.82, 2.24) is 14.9 Å². The highest BCUT2D eigenvalue weighted by Crippen LogP contribution is 2.29. The van der Waals surface area contributed by atoms with Gasteiger partial charge in [-0.25, -0.2) is 0 Å². The fourth-order valence-corrected chi connectivity index (χ4v) is 3.92. The van der Waals surface area contributed by atoms with Gasteiger partial charge in [0.2, 0.25) is 0 Å². The van der Waals surface area contributed by atoms with Gasteiger partial charge in [-0.2, -0.15) is 0 Å². The van der Waals surface area contributed by atoms with Crippen LogP contribution in [0.3, 0.4) is 0 Å². The number of pyridine rings is 1. The molecular formula is C22H27N3. The molecule has 3 nitrogen and oxygen atoms in total. The second kappa shape index (κ2) is 6.64. The third-order valence-electron chi connectivity index (χ3n) is 5.35. The summed E-state index contributed by atoms with van der Waals surface area (Å²) >= 11 is 0. The maximum absolute atomic E-state index is 4.62. The van der Waals surface area contributed by atoms with Crippen LogP contribution in [0.25, 0.3) is 10.9 Å². The lowest BCUT2D eigenvalue weighted by atomic mass is 10.0. The monoisotopic (exact) mass is 333 g/mol. The van der Waals surface area contributed by atoms with Gasteiger partial charge in [0, 0.05) is 54.5 Å². The summed E-state index contributed by atoms with van der Waals surface area (Å²) in [5.74, 6) is 0.491. The highest BCUT2D eigenvalue weighted by Gasteiger charge is 2.19. The van der Waals surface area contributed by atoms with Gasteiger partial charge in [-0.15, -0.1) is 0 Å². The first-order chi connectivity index (χ1) is 12.1. The van der Waals surface area contributed by atoms with Crippen molar-refractivity contribution in [2.45, 2.75) is 52.6 Å². The maximum atomic E-state index is 4.62. The molecule has 2 aromatic heterocycles. The lowest BCUT2D eigenvalue weighted by Crippen LogP contribution is -2.24. The first-order valence-corrected chi connectivity index (χ1v) is 9.39. The topological polar surface area (TPSA) is 29.9 Å². The molecule has 0 aliphatic carbocycles. The molecule has 3 heteroatoms. The van der Waals surface area contributed by atoms with E-state index in [0.717, 1.165) is 32.5 Å². The van der Waals surface area contributed by atoms with E-state index in [2.05, 4.69) is 72.2 Å². The van der Waals surface area contributed by atoms with E-state index in [0.29, 0.717) is 5.92 Å². The molecule has 3 aromatic rings. The van der Waals surface area contributed by atoms with Crippen molar-refractivity contribution in [2.24, 2.45) is 0 Å². The van der Waals surface area contributed by atoms with Crippen LogP contribution in [0.1, 0.15) is 47.8 Å². The zero-order valence-electron chi connectivity index (χ0n) is 15.5. The van der Waals surface area contributed by atoms with E-state index in [1.165, 1.54) is 39.0 Å². The van der Waals surface area contributed by atoms with Crippen molar-refractivity contribution in [3.05, 3.63) is 64.6 Å². The minimum absolute atomic E-state index is 0.491. The van der Waals surface area contributed by atoms with Crippen molar-refractivity contribution >= 4 is 10.9 Å². The predicted molar refractivity (Wildman–Crippen MR) is 104 cm³/mol. The summed E-state index contributed by atoms with van der Waals surface area (Å²) in [6, 6.07) is 11.3. The molecule has 0 saturated carbocycles. The average Bonchev–Trinajstić information content (AvgIpc) is 2.93. The largest absolute Gasteiger partial charge is 0.344 e. The summed E-state index contributed by atoms with van der Waals surface area (Å²) in [7, 11) is 0. The van der Waals surface area contributed by atoms with Gasteiger partial charge >= 0.3 is 0 Å². The van der Waals surface area contributed by atoms with Crippen molar-refractivity contribution in [3.63, 3.8) is 0 Å². The molecule has 0 unspecified atom stereocenters. The van der Waals surface area contributed by atoms with Crippen molar-refractivity contribution in [3.8, 4) is 0 Å². The van der Waals surface area contributed by atoms with Crippen LogP contribution in [-0.2, 0) is 25.9 Å². The second-order valence-electron chi connectivity index (χ2n) is 7.52. The summed E-state index contributed by atoms with van der Waals surface area (Å²) in [6.45, 7) is 9.66. The van der Waals surface area contributed by atoms with E-state index in [4.69, 9.17) is 0 Å². The van der Waals surface area contributed by atoms with Crippen LogP contribution in [0.4, 0.5) is 0 Å². The highest BCUT2D eigenvalue weighted by molar-refractivity contribution is 5.86. The molecule has 4 rings (SSSR count). The summed E-state index contributed by atoms with van der Waals surface area (Å²) < 4.78 is 2.54. The van der Waals surface area contributed by atoms with Crippen molar-refractivity contribution in [2.75, 3.05) is 6.54 Å². The van der Waals surface area contributed by atoms with Gasteiger partial charge in [0.15, 0.2) is 0 Å². The van der Waals surface area contributed by atoms with Gasteiger partial charge in [-0.3, -0.25) is 4.98 Å². The minimum Gasteiger partial charge on any atom is -0.344 e. The molecule has 3 heterocycles. The Hall–Kier alpha value is -2.13. The highest BCUT2D eigenvalue weighted by atomic mass is 15.0. The molecule has 0 atom stereocenters. The molecule has 0 bridgehead atoms. The SMILES string of the molecule is Cc1ccc2c(c1)c1c(n2CCc2ccc(C(C)C)nc2)CCNC1. The molecule has 0 saturated heterocycles. The number of benzene rings is 1. The molecule has 1 aliphatic heterocycles. The van der Waals surface area contributed by atoms with Crippen LogP contribution in [0.2, 0.25) is 0 Å². The van der Waals surface area contributed by atoms with Crippen LogP contribution >= 0.6 is 0 Å². The van der Waals surface area contributed by atoms with E-state index in [1.807, 2.05) is 0 Å². The second-order valence-corrected chi connectivity index (χ2v) is 7.52. The Kier molecular flexibility index (Phi) is 4.34. The van der Waals surface area contributed by atoms with Crippen LogP contribution in [0.15, 0.2) is 36.5 Å². The molecule has 130 valence electrons. The molecule has 0 radical (unpaired) electrons. The van der Waals surface area contributed by atoms with Crippen LogP contribution in [-0.4, -0.2) is 16.1 Å². The Bertz CT molecular complexity index is 888. The number of fused-ring (bicyclic) bond motifs is 3. The minimum atomic E-state index is 0.491. The number of hydrogen-bond acceptors (Lipinski definition) is 2. The van der Waals surface area contributed by atoms with E-state index >= 15 is 0 Å². The predicted octanol–water partition coefficient (Wildman–Crippen LogP) is 4.36. The number of hydrogen-bond donors (Lipinski definition) is 1. The molecule has 1 aromatic carbocycles. The number of nitrogens with one attached hydrogen (secondary N) is 1. The third-order valence-corrected chi connectivity index (χ3v) is 5.35. The van der Waals surface area contributed by atoms with Gasteiger partial charge in [-0.1, -0.05) is 31.5 Å². The number of rotatable bonds is 4. The molecule has 1 N–H and O–H groups in total. The first-order valence-electron chi connectivity index (χ1n) is 9.39. The van der Waals surface area contributed by atoms with Crippen molar-refractivity contribution in [1.29, 1.82) is 0 Å². The van der Waals surface area contributed by atoms with Crippen LogP contribution < -0.4 is 5.32 Å². The lowest BCUT2D eigenvalue weighted by Gasteiger charge is -2.17. The summed E-state index contributed by atoms with van der Waals surface area (Å²) in [5.41, 5.74) is 8.23. The van der Waals surface area contributed by atoms with Gasteiger partial charge in [0.1, 0.15) is 0 Å². The van der Waals surface area contributed by atoms with Crippen molar-refractivity contribution < 1.29 is 0 Å². The fourth-order valence-electron chi connectivity index (χ4n) is 3.92. The van der Waals surface area contributed by atoms with E-state index in [9.17, 15) is 0 Å². The molecule has 1 aliphatic rings. The van der Waals surface area contributed by atoms with E-state index in [1.54, 1.807) is 0 Å². The normalized spacial score (nSPS) is 14.2. The average molecular weight is 333 g/mol. The Morgan fingerprint density at radius 1 is 1.20 bits per heavy atom. The number of nitrogens with zero attached hydrogens (tertiary/aromatic N) is 2. The Morgan fingerprint density at radius 2 is 2.08 bits per heavy atom. The lowest BCUT2D eigenvalue weighted by molar-refractivity contribution is 0.594. The zero-order valence-corrected chi connectivity index (χ0v) is 15.5. The number of aromatic nitrogens is 2. The van der Waals surface area contributed by atoms with Crippen LogP contribution in [0.5, 0.6) is 0 Å². The Labute approximate surface area is 150 Å².